The van der Waals surface area contributed by atoms with Gasteiger partial charge in [0.25, 0.3) is 0 Å². The molecule has 7 heteroatoms. The van der Waals surface area contributed by atoms with Crippen LogP contribution < -0.4 is 10.6 Å². The van der Waals surface area contributed by atoms with Gasteiger partial charge in [-0.3, -0.25) is 9.59 Å². The van der Waals surface area contributed by atoms with Crippen molar-refractivity contribution in [1.82, 2.24) is 5.32 Å². The van der Waals surface area contributed by atoms with Crippen LogP contribution in [0, 0.1) is 0 Å². The predicted molar refractivity (Wildman–Crippen MR) is 105 cm³/mol. The molecule has 0 unspecified atom stereocenters. The standard InChI is InChI=1S/C21H24N2O5/c1-2-3-14-28-21(27)17-6-4-5-7-18(17)23-20(26)19(25)22-13-12-15-8-10-16(24)11-9-15/h4-11,24H,2-3,12-14H2,1H3,(H,22,25)(H,23,26). The van der Waals surface area contributed by atoms with Crippen molar-refractivity contribution in [1.29, 1.82) is 0 Å². The summed E-state index contributed by atoms with van der Waals surface area (Å²) in [5.74, 6) is -2.04. The summed E-state index contributed by atoms with van der Waals surface area (Å²) in [7, 11) is 0. The van der Waals surface area contributed by atoms with E-state index in [4.69, 9.17) is 4.74 Å². The van der Waals surface area contributed by atoms with Crippen molar-refractivity contribution in [3.8, 4) is 5.75 Å². The molecule has 0 spiro atoms. The van der Waals surface area contributed by atoms with E-state index in [1.165, 1.54) is 12.1 Å². The van der Waals surface area contributed by atoms with Crippen molar-refractivity contribution in [3.05, 3.63) is 59.7 Å². The SMILES string of the molecule is CCCCOC(=O)c1ccccc1NC(=O)C(=O)NCCc1ccc(O)cc1. The van der Waals surface area contributed by atoms with Gasteiger partial charge in [-0.1, -0.05) is 37.6 Å². The number of amides is 2. The van der Waals surface area contributed by atoms with Crippen LogP contribution in [0.2, 0.25) is 0 Å². The van der Waals surface area contributed by atoms with Crippen LogP contribution in [0.15, 0.2) is 48.5 Å². The minimum absolute atomic E-state index is 0.166. The summed E-state index contributed by atoms with van der Waals surface area (Å²) in [6.07, 6.45) is 2.17. The number of rotatable bonds is 8. The molecule has 2 rings (SSSR count). The Hall–Kier alpha value is -3.35. The Balaban J connectivity index is 1.88. The van der Waals surface area contributed by atoms with E-state index < -0.39 is 17.8 Å². The Bertz CT molecular complexity index is 818. The summed E-state index contributed by atoms with van der Waals surface area (Å²) >= 11 is 0. The first-order chi connectivity index (χ1) is 13.5. The van der Waals surface area contributed by atoms with Gasteiger partial charge in [-0.25, -0.2) is 4.79 Å². The molecule has 0 fully saturated rings. The molecule has 2 amide bonds. The highest BCUT2D eigenvalue weighted by molar-refractivity contribution is 6.40. The molecular formula is C21H24N2O5. The molecular weight excluding hydrogens is 360 g/mol. The first kappa shape index (κ1) is 21.0. The number of benzene rings is 2. The zero-order valence-electron chi connectivity index (χ0n) is 15.7. The highest BCUT2D eigenvalue weighted by atomic mass is 16.5. The van der Waals surface area contributed by atoms with Crippen LogP contribution in [0.1, 0.15) is 35.7 Å². The largest absolute Gasteiger partial charge is 0.508 e. The lowest BCUT2D eigenvalue weighted by Crippen LogP contribution is -2.36. The first-order valence-corrected chi connectivity index (χ1v) is 9.14. The molecule has 0 radical (unpaired) electrons. The lowest BCUT2D eigenvalue weighted by Gasteiger charge is -2.11. The van der Waals surface area contributed by atoms with E-state index >= 15 is 0 Å². The highest BCUT2D eigenvalue weighted by Crippen LogP contribution is 2.16. The molecule has 148 valence electrons. The molecule has 0 saturated carbocycles. The maximum absolute atomic E-state index is 12.2. The molecule has 0 bridgehead atoms. The van der Waals surface area contributed by atoms with Crippen molar-refractivity contribution in [2.75, 3.05) is 18.5 Å². The summed E-state index contributed by atoms with van der Waals surface area (Å²) in [6.45, 7) is 2.55. The van der Waals surface area contributed by atoms with Gasteiger partial charge in [0, 0.05) is 6.54 Å². The average Bonchev–Trinajstić information content (AvgIpc) is 2.70. The second-order valence-electron chi connectivity index (χ2n) is 6.16. The van der Waals surface area contributed by atoms with Gasteiger partial charge in [-0.05, 0) is 42.7 Å². The van der Waals surface area contributed by atoms with Crippen LogP contribution in [-0.4, -0.2) is 36.0 Å². The van der Waals surface area contributed by atoms with Gasteiger partial charge in [0.2, 0.25) is 0 Å². The van der Waals surface area contributed by atoms with Crippen molar-refractivity contribution in [2.45, 2.75) is 26.2 Å². The zero-order chi connectivity index (χ0) is 20.4. The fourth-order valence-corrected chi connectivity index (χ4v) is 2.40. The highest BCUT2D eigenvalue weighted by Gasteiger charge is 2.18. The smallest absolute Gasteiger partial charge is 0.340 e. The van der Waals surface area contributed by atoms with Gasteiger partial charge < -0.3 is 20.5 Å². The van der Waals surface area contributed by atoms with E-state index in [0.717, 1.165) is 18.4 Å². The van der Waals surface area contributed by atoms with Crippen molar-refractivity contribution in [2.24, 2.45) is 0 Å². The van der Waals surface area contributed by atoms with Crippen LogP contribution in [0.4, 0.5) is 5.69 Å². The quantitative estimate of drug-likeness (QED) is 0.369. The van der Waals surface area contributed by atoms with E-state index in [9.17, 15) is 19.5 Å². The van der Waals surface area contributed by atoms with Crippen LogP contribution >= 0.6 is 0 Å². The number of para-hydroxylation sites is 1. The average molecular weight is 384 g/mol. The van der Waals surface area contributed by atoms with Crippen molar-refractivity contribution >= 4 is 23.5 Å². The van der Waals surface area contributed by atoms with Crippen LogP contribution in [0.5, 0.6) is 5.75 Å². The second-order valence-corrected chi connectivity index (χ2v) is 6.16. The number of carbonyl (C=O) groups is 3. The molecule has 28 heavy (non-hydrogen) atoms. The van der Waals surface area contributed by atoms with Gasteiger partial charge in [0.1, 0.15) is 5.75 Å². The maximum Gasteiger partial charge on any atom is 0.340 e. The molecule has 0 aliphatic heterocycles. The minimum atomic E-state index is -0.862. The van der Waals surface area contributed by atoms with E-state index in [-0.39, 0.29) is 23.5 Å². The van der Waals surface area contributed by atoms with Crippen molar-refractivity contribution < 1.29 is 24.2 Å². The number of unbranched alkanes of at least 4 members (excludes halogenated alkanes) is 1. The van der Waals surface area contributed by atoms with E-state index in [2.05, 4.69) is 10.6 Å². The molecule has 0 atom stereocenters. The Kier molecular flexibility index (Phi) is 8.02. The monoisotopic (exact) mass is 384 g/mol. The lowest BCUT2D eigenvalue weighted by molar-refractivity contribution is -0.136. The van der Waals surface area contributed by atoms with Crippen molar-refractivity contribution in [3.63, 3.8) is 0 Å². The van der Waals surface area contributed by atoms with E-state index in [0.29, 0.717) is 13.0 Å². The first-order valence-electron chi connectivity index (χ1n) is 9.14. The molecule has 0 saturated heterocycles. The van der Waals surface area contributed by atoms with Crippen LogP contribution in [-0.2, 0) is 20.7 Å². The number of anilines is 1. The second kappa shape index (κ2) is 10.7. The number of ether oxygens (including phenoxy) is 1. The van der Waals surface area contributed by atoms with Gasteiger partial charge >= 0.3 is 17.8 Å². The third kappa shape index (κ3) is 6.42. The Morgan fingerprint density at radius 2 is 1.71 bits per heavy atom. The number of phenols is 1. The summed E-state index contributed by atoms with van der Waals surface area (Å²) in [4.78, 5) is 36.3. The number of phenolic OH excluding ortho intramolecular Hbond substituents is 1. The zero-order valence-corrected chi connectivity index (χ0v) is 15.7. The summed E-state index contributed by atoms with van der Waals surface area (Å²) < 4.78 is 5.16. The number of aromatic hydroxyl groups is 1. The summed E-state index contributed by atoms with van der Waals surface area (Å²) in [5.41, 5.74) is 1.34. The summed E-state index contributed by atoms with van der Waals surface area (Å²) in [6, 6.07) is 13.0. The molecule has 0 aliphatic rings. The molecule has 2 aromatic rings. The predicted octanol–water partition coefficient (Wildman–Crippen LogP) is 2.65. The van der Waals surface area contributed by atoms with Gasteiger partial charge in [-0.15, -0.1) is 0 Å². The number of esters is 1. The van der Waals surface area contributed by atoms with Gasteiger partial charge in [0.05, 0.1) is 17.9 Å². The topological polar surface area (TPSA) is 105 Å². The minimum Gasteiger partial charge on any atom is -0.508 e. The summed E-state index contributed by atoms with van der Waals surface area (Å²) in [5, 5.41) is 14.2. The van der Waals surface area contributed by atoms with Crippen LogP contribution in [0.25, 0.3) is 0 Å². The van der Waals surface area contributed by atoms with E-state index in [1.807, 2.05) is 6.92 Å². The fourth-order valence-electron chi connectivity index (χ4n) is 2.40. The molecule has 0 aliphatic carbocycles. The number of carbonyl (C=O) groups excluding carboxylic acids is 3. The third-order valence-corrected chi connectivity index (χ3v) is 3.97. The molecule has 0 aromatic heterocycles. The number of hydrogen-bond donors (Lipinski definition) is 3. The molecule has 3 N–H and O–H groups in total. The maximum atomic E-state index is 12.2. The van der Waals surface area contributed by atoms with Gasteiger partial charge in [0.15, 0.2) is 0 Å². The lowest BCUT2D eigenvalue weighted by atomic mass is 10.1. The number of nitrogens with one attached hydrogen (secondary N) is 2. The van der Waals surface area contributed by atoms with E-state index in [1.54, 1.807) is 36.4 Å². The Labute approximate surface area is 163 Å². The molecule has 2 aromatic carbocycles. The number of hydrogen-bond acceptors (Lipinski definition) is 5. The Morgan fingerprint density at radius 1 is 1.00 bits per heavy atom. The third-order valence-electron chi connectivity index (χ3n) is 3.97. The fraction of sp³-hybridized carbons (Fsp3) is 0.286. The Morgan fingerprint density at radius 3 is 2.43 bits per heavy atom. The molecule has 0 heterocycles. The molecule has 7 nitrogen and oxygen atoms in total. The van der Waals surface area contributed by atoms with Gasteiger partial charge in [-0.2, -0.15) is 0 Å². The van der Waals surface area contributed by atoms with Crippen LogP contribution in [0.3, 0.4) is 0 Å². The normalized spacial score (nSPS) is 10.2.